The molecule has 1 saturated heterocycles. The zero-order valence-corrected chi connectivity index (χ0v) is 15.8. The smallest absolute Gasteiger partial charge is 0.405 e. The van der Waals surface area contributed by atoms with Crippen molar-refractivity contribution in [1.82, 2.24) is 9.62 Å². The SMILES string of the molecule is O=C(COC(=O)c1ccc(S(=O)(=O)N2CCCCCC2)cc1)NCC(F)(F)F. The standard InChI is InChI=1S/C17H21F3N2O5S/c18-17(19,20)12-21-15(23)11-27-16(24)13-5-7-14(8-6-13)28(25,26)22-9-3-1-2-4-10-22/h5-8H,1-4,9-12H2,(H,21,23). The van der Waals surface area contributed by atoms with E-state index < -0.39 is 41.2 Å². The van der Waals surface area contributed by atoms with E-state index in [1.165, 1.54) is 28.6 Å². The molecule has 7 nitrogen and oxygen atoms in total. The summed E-state index contributed by atoms with van der Waals surface area (Å²) in [6, 6.07) is 5.00. The molecule has 0 spiro atoms. The maximum atomic E-state index is 12.7. The quantitative estimate of drug-likeness (QED) is 0.709. The zero-order valence-electron chi connectivity index (χ0n) is 15.0. The third-order valence-corrected chi connectivity index (χ3v) is 6.03. The summed E-state index contributed by atoms with van der Waals surface area (Å²) in [4.78, 5) is 23.2. The fourth-order valence-corrected chi connectivity index (χ4v) is 4.18. The third kappa shape index (κ3) is 6.48. The first-order chi connectivity index (χ1) is 13.1. The molecule has 2 rings (SSSR count). The molecular formula is C17H21F3N2O5S. The molecule has 0 saturated carbocycles. The van der Waals surface area contributed by atoms with Gasteiger partial charge in [-0.15, -0.1) is 0 Å². The van der Waals surface area contributed by atoms with E-state index in [9.17, 15) is 31.2 Å². The number of sulfonamides is 1. The molecule has 0 radical (unpaired) electrons. The average Bonchev–Trinajstić information content (AvgIpc) is 2.94. The van der Waals surface area contributed by atoms with Gasteiger partial charge in [-0.2, -0.15) is 17.5 Å². The minimum absolute atomic E-state index is 0.0153. The van der Waals surface area contributed by atoms with E-state index in [4.69, 9.17) is 0 Å². The first kappa shape index (κ1) is 22.2. The second-order valence-electron chi connectivity index (χ2n) is 6.31. The van der Waals surface area contributed by atoms with Crippen LogP contribution in [0, 0.1) is 0 Å². The molecule has 11 heteroatoms. The summed E-state index contributed by atoms with van der Waals surface area (Å²) in [6.45, 7) is -1.51. The summed E-state index contributed by atoms with van der Waals surface area (Å²) in [5.74, 6) is -2.04. The minimum atomic E-state index is -4.56. The number of benzene rings is 1. The first-order valence-corrected chi connectivity index (χ1v) is 10.1. The zero-order chi connectivity index (χ0) is 20.8. The van der Waals surface area contributed by atoms with Gasteiger partial charge in [0.05, 0.1) is 10.5 Å². The number of nitrogens with one attached hydrogen (secondary N) is 1. The number of halogens is 3. The van der Waals surface area contributed by atoms with Crippen molar-refractivity contribution in [2.45, 2.75) is 36.8 Å². The van der Waals surface area contributed by atoms with Crippen molar-refractivity contribution in [2.75, 3.05) is 26.2 Å². The molecular weight excluding hydrogens is 401 g/mol. The van der Waals surface area contributed by atoms with Gasteiger partial charge in [-0.1, -0.05) is 12.8 Å². The highest BCUT2D eigenvalue weighted by atomic mass is 32.2. The summed E-state index contributed by atoms with van der Waals surface area (Å²) >= 11 is 0. The van der Waals surface area contributed by atoms with Crippen molar-refractivity contribution in [3.63, 3.8) is 0 Å². The minimum Gasteiger partial charge on any atom is -0.452 e. The van der Waals surface area contributed by atoms with Gasteiger partial charge in [-0.05, 0) is 37.1 Å². The van der Waals surface area contributed by atoms with E-state index in [2.05, 4.69) is 4.74 Å². The number of nitrogens with zero attached hydrogens (tertiary/aromatic N) is 1. The Bertz CT molecular complexity index is 786. The molecule has 0 bridgehead atoms. The van der Waals surface area contributed by atoms with Crippen LogP contribution in [0.4, 0.5) is 13.2 Å². The van der Waals surface area contributed by atoms with E-state index in [-0.39, 0.29) is 10.5 Å². The van der Waals surface area contributed by atoms with Crippen LogP contribution in [0.1, 0.15) is 36.0 Å². The van der Waals surface area contributed by atoms with Gasteiger partial charge in [0.25, 0.3) is 5.91 Å². The molecule has 28 heavy (non-hydrogen) atoms. The maximum absolute atomic E-state index is 12.7. The Morgan fingerprint density at radius 3 is 2.14 bits per heavy atom. The number of rotatable bonds is 6. The predicted molar refractivity (Wildman–Crippen MR) is 93.0 cm³/mol. The van der Waals surface area contributed by atoms with Gasteiger partial charge in [0.2, 0.25) is 10.0 Å². The molecule has 0 aliphatic carbocycles. The molecule has 1 heterocycles. The molecule has 1 aromatic rings. The topological polar surface area (TPSA) is 92.8 Å². The van der Waals surface area contributed by atoms with Crippen molar-refractivity contribution in [3.8, 4) is 0 Å². The Kier molecular flexibility index (Phi) is 7.41. The van der Waals surface area contributed by atoms with Crippen LogP contribution in [-0.4, -0.2) is 57.0 Å². The van der Waals surface area contributed by atoms with Crippen LogP contribution >= 0.6 is 0 Å². The van der Waals surface area contributed by atoms with E-state index >= 15 is 0 Å². The van der Waals surface area contributed by atoms with Gasteiger partial charge >= 0.3 is 12.1 Å². The van der Waals surface area contributed by atoms with Crippen LogP contribution in [-0.2, 0) is 19.6 Å². The van der Waals surface area contributed by atoms with Gasteiger partial charge < -0.3 is 10.1 Å². The van der Waals surface area contributed by atoms with E-state index in [1.54, 1.807) is 5.32 Å². The summed E-state index contributed by atoms with van der Waals surface area (Å²) < 4.78 is 67.3. The molecule has 156 valence electrons. The molecule has 1 aliphatic rings. The van der Waals surface area contributed by atoms with Crippen LogP contribution in [0.15, 0.2) is 29.2 Å². The molecule has 0 unspecified atom stereocenters. The summed E-state index contributed by atoms with van der Waals surface area (Å²) in [5.41, 5.74) is -0.0153. The number of amides is 1. The van der Waals surface area contributed by atoms with E-state index in [0.717, 1.165) is 25.7 Å². The highest BCUT2D eigenvalue weighted by molar-refractivity contribution is 7.89. The first-order valence-electron chi connectivity index (χ1n) is 8.70. The number of ether oxygens (including phenoxy) is 1. The molecule has 1 aliphatic heterocycles. The van der Waals surface area contributed by atoms with Crippen molar-refractivity contribution < 1.29 is 35.9 Å². The van der Waals surface area contributed by atoms with Crippen LogP contribution in [0.5, 0.6) is 0 Å². The van der Waals surface area contributed by atoms with E-state index in [1.807, 2.05) is 0 Å². The Morgan fingerprint density at radius 1 is 1.04 bits per heavy atom. The Hall–Kier alpha value is -2.14. The van der Waals surface area contributed by atoms with Gasteiger partial charge in [0.15, 0.2) is 6.61 Å². The largest absolute Gasteiger partial charge is 0.452 e. The van der Waals surface area contributed by atoms with Crippen molar-refractivity contribution in [1.29, 1.82) is 0 Å². The Balaban J connectivity index is 1.94. The highest BCUT2D eigenvalue weighted by Crippen LogP contribution is 2.21. The Morgan fingerprint density at radius 2 is 1.61 bits per heavy atom. The molecule has 1 aromatic carbocycles. The average molecular weight is 422 g/mol. The molecule has 0 aromatic heterocycles. The number of hydrogen-bond donors (Lipinski definition) is 1. The van der Waals surface area contributed by atoms with Gasteiger partial charge in [-0.25, -0.2) is 13.2 Å². The number of hydrogen-bond acceptors (Lipinski definition) is 5. The van der Waals surface area contributed by atoms with Crippen LogP contribution in [0.2, 0.25) is 0 Å². The maximum Gasteiger partial charge on any atom is 0.405 e. The second kappa shape index (κ2) is 9.37. The lowest BCUT2D eigenvalue weighted by molar-refractivity contribution is -0.140. The van der Waals surface area contributed by atoms with Crippen LogP contribution < -0.4 is 5.32 Å². The van der Waals surface area contributed by atoms with E-state index in [0.29, 0.717) is 13.1 Å². The predicted octanol–water partition coefficient (Wildman–Crippen LogP) is 2.09. The van der Waals surface area contributed by atoms with Crippen molar-refractivity contribution in [3.05, 3.63) is 29.8 Å². The van der Waals surface area contributed by atoms with Crippen LogP contribution in [0.3, 0.4) is 0 Å². The lowest BCUT2D eigenvalue weighted by Gasteiger charge is -2.20. The van der Waals surface area contributed by atoms with Gasteiger partial charge in [-0.3, -0.25) is 4.79 Å². The second-order valence-corrected chi connectivity index (χ2v) is 8.25. The van der Waals surface area contributed by atoms with Crippen LogP contribution in [0.25, 0.3) is 0 Å². The number of carbonyl (C=O) groups is 2. The Labute approximate surface area is 160 Å². The number of carbonyl (C=O) groups excluding carboxylic acids is 2. The lowest BCUT2D eigenvalue weighted by Crippen LogP contribution is -2.36. The molecule has 1 amide bonds. The normalized spacial score (nSPS) is 16.2. The fraction of sp³-hybridized carbons (Fsp3) is 0.529. The summed E-state index contributed by atoms with van der Waals surface area (Å²) in [7, 11) is -3.66. The molecule has 1 fully saturated rings. The molecule has 0 atom stereocenters. The fourth-order valence-electron chi connectivity index (χ4n) is 2.66. The van der Waals surface area contributed by atoms with Crippen molar-refractivity contribution >= 4 is 21.9 Å². The number of alkyl halides is 3. The number of esters is 1. The monoisotopic (exact) mass is 422 g/mol. The van der Waals surface area contributed by atoms with Crippen molar-refractivity contribution in [2.24, 2.45) is 0 Å². The third-order valence-electron chi connectivity index (χ3n) is 4.11. The molecule has 1 N–H and O–H groups in total. The van der Waals surface area contributed by atoms with Gasteiger partial charge in [0, 0.05) is 13.1 Å². The summed E-state index contributed by atoms with van der Waals surface area (Å²) in [5, 5.41) is 1.57. The lowest BCUT2D eigenvalue weighted by atomic mass is 10.2. The van der Waals surface area contributed by atoms with Gasteiger partial charge in [0.1, 0.15) is 6.54 Å². The summed E-state index contributed by atoms with van der Waals surface area (Å²) in [6.07, 6.45) is -1.02. The highest BCUT2D eigenvalue weighted by Gasteiger charge is 2.28.